The molecule has 0 aliphatic carbocycles. The second-order valence-corrected chi connectivity index (χ2v) is 8.17. The van der Waals surface area contributed by atoms with Crippen LogP contribution in [0.15, 0.2) is 78.9 Å². The molecule has 3 amide bonds. The number of rotatable bonds is 10. The van der Waals surface area contributed by atoms with Crippen molar-refractivity contribution >= 4 is 46.4 Å². The number of nitrogens with zero attached hydrogens (tertiary/aromatic N) is 2. The van der Waals surface area contributed by atoms with Gasteiger partial charge in [-0.05, 0) is 47.9 Å². The molecule has 1 unspecified atom stereocenters. The summed E-state index contributed by atoms with van der Waals surface area (Å²) in [5.74, 6) is -1.75. The number of hydrogen-bond acceptors (Lipinski definition) is 5. The van der Waals surface area contributed by atoms with Crippen LogP contribution in [0.5, 0.6) is 0 Å². The van der Waals surface area contributed by atoms with Gasteiger partial charge in [0.25, 0.3) is 5.69 Å². The third-order valence-corrected chi connectivity index (χ3v) is 5.54. The lowest BCUT2D eigenvalue weighted by Gasteiger charge is -2.31. The molecule has 0 heterocycles. The first-order chi connectivity index (χ1) is 17.3. The van der Waals surface area contributed by atoms with Crippen LogP contribution in [-0.4, -0.2) is 35.1 Å². The first-order valence-corrected chi connectivity index (χ1v) is 11.6. The van der Waals surface area contributed by atoms with Gasteiger partial charge >= 0.3 is 0 Å². The highest BCUT2D eigenvalue weighted by atomic mass is 35.5. The maximum atomic E-state index is 13.5. The lowest BCUT2D eigenvalue weighted by atomic mass is 10.0. The molecule has 186 valence electrons. The number of halogens is 1. The Morgan fingerprint density at radius 2 is 1.69 bits per heavy atom. The van der Waals surface area contributed by atoms with Gasteiger partial charge in [-0.3, -0.25) is 29.4 Å². The zero-order valence-electron chi connectivity index (χ0n) is 19.5. The van der Waals surface area contributed by atoms with E-state index in [4.69, 9.17) is 11.6 Å². The molecule has 0 aliphatic heterocycles. The number of alkyl halides is 1. The monoisotopic (exact) mass is 508 g/mol. The molecular weight excluding hydrogens is 484 g/mol. The predicted octanol–water partition coefficient (Wildman–Crippen LogP) is 4.23. The SMILES string of the molecule is CC(=O)Nc1cccc(N(C(=O)CCl)C(C(=O)NCCc2ccccc2)c2ccc([N+](=O)[O-])cc2)c1. The smallest absolute Gasteiger partial charge is 0.269 e. The summed E-state index contributed by atoms with van der Waals surface area (Å²) in [5, 5.41) is 16.7. The summed E-state index contributed by atoms with van der Waals surface area (Å²) in [6.45, 7) is 1.66. The molecule has 1 atom stereocenters. The van der Waals surface area contributed by atoms with E-state index in [9.17, 15) is 24.5 Å². The standard InChI is InChI=1S/C26H25ClN4O5/c1-18(32)29-21-8-5-9-23(16-21)30(24(33)17-27)25(20-10-12-22(13-11-20)31(35)36)26(34)28-15-14-19-6-3-2-4-7-19/h2-13,16,25H,14-15,17H2,1H3,(H,28,34)(H,29,32). The van der Waals surface area contributed by atoms with Crippen LogP contribution in [0.2, 0.25) is 0 Å². The van der Waals surface area contributed by atoms with E-state index < -0.39 is 28.7 Å². The zero-order valence-corrected chi connectivity index (χ0v) is 20.3. The molecule has 0 aliphatic rings. The number of hydrogen-bond donors (Lipinski definition) is 2. The van der Waals surface area contributed by atoms with E-state index in [0.29, 0.717) is 29.9 Å². The number of non-ortho nitro benzene ring substituents is 1. The molecule has 10 heteroatoms. The van der Waals surface area contributed by atoms with E-state index in [1.54, 1.807) is 24.3 Å². The lowest BCUT2D eigenvalue weighted by Crippen LogP contribution is -2.45. The maximum Gasteiger partial charge on any atom is 0.269 e. The maximum absolute atomic E-state index is 13.5. The van der Waals surface area contributed by atoms with Gasteiger partial charge in [0.1, 0.15) is 11.9 Å². The van der Waals surface area contributed by atoms with Gasteiger partial charge in [0.05, 0.1) is 4.92 Å². The molecule has 0 spiro atoms. The van der Waals surface area contributed by atoms with Gasteiger partial charge in [-0.1, -0.05) is 36.4 Å². The quantitative estimate of drug-likeness (QED) is 0.241. The van der Waals surface area contributed by atoms with Crippen molar-refractivity contribution < 1.29 is 19.3 Å². The first-order valence-electron chi connectivity index (χ1n) is 11.1. The second-order valence-electron chi connectivity index (χ2n) is 7.91. The summed E-state index contributed by atoms with van der Waals surface area (Å²) < 4.78 is 0. The van der Waals surface area contributed by atoms with E-state index in [1.165, 1.54) is 36.1 Å². The van der Waals surface area contributed by atoms with Gasteiger partial charge in [-0.15, -0.1) is 11.6 Å². The van der Waals surface area contributed by atoms with Crippen LogP contribution in [0.1, 0.15) is 24.1 Å². The molecule has 3 rings (SSSR count). The summed E-state index contributed by atoms with van der Waals surface area (Å²) in [6.07, 6.45) is 0.570. The van der Waals surface area contributed by atoms with Crippen molar-refractivity contribution in [3.63, 3.8) is 0 Å². The fraction of sp³-hybridized carbons (Fsp3) is 0.192. The van der Waals surface area contributed by atoms with Crippen LogP contribution in [-0.2, 0) is 20.8 Å². The summed E-state index contributed by atoms with van der Waals surface area (Å²) in [6, 6.07) is 20.3. The number of carbonyl (C=O) groups excluding carboxylic acids is 3. The van der Waals surface area contributed by atoms with E-state index in [2.05, 4.69) is 10.6 Å². The van der Waals surface area contributed by atoms with Crippen molar-refractivity contribution in [1.82, 2.24) is 5.32 Å². The summed E-state index contributed by atoms with van der Waals surface area (Å²) in [5.41, 5.74) is 2.00. The largest absolute Gasteiger partial charge is 0.354 e. The van der Waals surface area contributed by atoms with Crippen molar-refractivity contribution in [2.45, 2.75) is 19.4 Å². The molecular formula is C26H25ClN4O5. The first kappa shape index (κ1) is 26.4. The van der Waals surface area contributed by atoms with Crippen molar-refractivity contribution in [2.75, 3.05) is 22.6 Å². The number of nitro groups is 1. The minimum atomic E-state index is -1.17. The van der Waals surface area contributed by atoms with Gasteiger partial charge in [-0.2, -0.15) is 0 Å². The Hall–Kier alpha value is -4.24. The van der Waals surface area contributed by atoms with Crippen molar-refractivity contribution in [1.29, 1.82) is 0 Å². The van der Waals surface area contributed by atoms with E-state index in [0.717, 1.165) is 5.56 Å². The average Bonchev–Trinajstić information content (AvgIpc) is 2.87. The van der Waals surface area contributed by atoms with Crippen molar-refractivity contribution in [2.24, 2.45) is 0 Å². The third kappa shape index (κ3) is 6.89. The number of carbonyl (C=O) groups is 3. The molecule has 0 saturated carbocycles. The molecule has 0 saturated heterocycles. The highest BCUT2D eigenvalue weighted by Gasteiger charge is 2.32. The predicted molar refractivity (Wildman–Crippen MR) is 138 cm³/mol. The highest BCUT2D eigenvalue weighted by molar-refractivity contribution is 6.30. The molecule has 36 heavy (non-hydrogen) atoms. The molecule has 0 aromatic heterocycles. The number of anilines is 2. The van der Waals surface area contributed by atoms with Crippen molar-refractivity contribution in [3.05, 3.63) is 100 Å². The Labute approximate surface area is 213 Å². The van der Waals surface area contributed by atoms with Crippen LogP contribution in [0, 0.1) is 10.1 Å². The van der Waals surface area contributed by atoms with Gasteiger partial charge in [0, 0.05) is 37.0 Å². The number of benzene rings is 3. The Morgan fingerprint density at radius 1 is 1.00 bits per heavy atom. The van der Waals surface area contributed by atoms with Crippen LogP contribution in [0.3, 0.4) is 0 Å². The van der Waals surface area contributed by atoms with Crippen LogP contribution >= 0.6 is 11.6 Å². The summed E-state index contributed by atoms with van der Waals surface area (Å²) >= 11 is 5.93. The Kier molecular flexibility index (Phi) is 9.13. The Balaban J connectivity index is 1.99. The van der Waals surface area contributed by atoms with Crippen molar-refractivity contribution in [3.8, 4) is 0 Å². The second kappa shape index (κ2) is 12.5. The summed E-state index contributed by atoms with van der Waals surface area (Å²) in [4.78, 5) is 49.9. The molecule has 0 radical (unpaired) electrons. The van der Waals surface area contributed by atoms with Gasteiger partial charge in [-0.25, -0.2) is 0 Å². The minimum Gasteiger partial charge on any atom is -0.354 e. The number of nitrogens with one attached hydrogen (secondary N) is 2. The average molecular weight is 509 g/mol. The minimum absolute atomic E-state index is 0.148. The van der Waals surface area contributed by atoms with Crippen LogP contribution in [0.4, 0.5) is 17.1 Å². The number of nitro benzene ring substituents is 1. The molecule has 3 aromatic carbocycles. The fourth-order valence-corrected chi connectivity index (χ4v) is 3.83. The van der Waals surface area contributed by atoms with E-state index in [1.807, 2.05) is 30.3 Å². The molecule has 0 fully saturated rings. The van der Waals surface area contributed by atoms with Gasteiger partial charge in [0.15, 0.2) is 0 Å². The van der Waals surface area contributed by atoms with E-state index in [-0.39, 0.29) is 11.6 Å². The van der Waals surface area contributed by atoms with Crippen LogP contribution in [0.25, 0.3) is 0 Å². The fourth-order valence-electron chi connectivity index (χ4n) is 3.71. The van der Waals surface area contributed by atoms with Gasteiger partial charge < -0.3 is 10.6 Å². The normalized spacial score (nSPS) is 11.3. The topological polar surface area (TPSA) is 122 Å². The lowest BCUT2D eigenvalue weighted by molar-refractivity contribution is -0.384. The molecule has 3 aromatic rings. The zero-order chi connectivity index (χ0) is 26.1. The number of amides is 3. The van der Waals surface area contributed by atoms with Crippen LogP contribution < -0.4 is 15.5 Å². The molecule has 9 nitrogen and oxygen atoms in total. The molecule has 2 N–H and O–H groups in total. The summed E-state index contributed by atoms with van der Waals surface area (Å²) in [7, 11) is 0. The Morgan fingerprint density at radius 3 is 2.31 bits per heavy atom. The van der Waals surface area contributed by atoms with E-state index >= 15 is 0 Å². The molecule has 0 bridgehead atoms. The third-order valence-electron chi connectivity index (χ3n) is 5.31. The van der Waals surface area contributed by atoms with Gasteiger partial charge in [0.2, 0.25) is 17.7 Å². The Bertz CT molecular complexity index is 1230. The highest BCUT2D eigenvalue weighted by Crippen LogP contribution is 2.31.